The summed E-state index contributed by atoms with van der Waals surface area (Å²) < 4.78 is 5.44. The average molecular weight is 250 g/mol. The average Bonchev–Trinajstić information content (AvgIpc) is 2.75. The van der Waals surface area contributed by atoms with E-state index in [0.717, 1.165) is 30.4 Å². The monoisotopic (exact) mass is 250 g/mol. The van der Waals surface area contributed by atoms with Crippen LogP contribution in [0.5, 0.6) is 0 Å². The summed E-state index contributed by atoms with van der Waals surface area (Å²) >= 11 is 0. The zero-order chi connectivity index (χ0) is 13.1. The summed E-state index contributed by atoms with van der Waals surface area (Å²) in [4.78, 5) is 9.01. The number of nitrogens with one attached hydrogen (secondary N) is 2. The Bertz CT molecular complexity index is 408. The third-order valence-electron chi connectivity index (χ3n) is 3.18. The van der Waals surface area contributed by atoms with Crippen molar-refractivity contribution in [3.8, 4) is 0 Å². The van der Waals surface area contributed by atoms with Crippen molar-refractivity contribution in [2.24, 2.45) is 0 Å². The van der Waals surface area contributed by atoms with Crippen LogP contribution in [0, 0.1) is 6.92 Å². The summed E-state index contributed by atoms with van der Waals surface area (Å²) in [5.41, 5.74) is 0.996. The van der Waals surface area contributed by atoms with Gasteiger partial charge in [0, 0.05) is 37.9 Å². The summed E-state index contributed by atoms with van der Waals surface area (Å²) in [6.45, 7) is 7.99. The van der Waals surface area contributed by atoms with Crippen LogP contribution in [0.15, 0.2) is 6.07 Å². The molecule has 5 nitrogen and oxygen atoms in total. The lowest BCUT2D eigenvalue weighted by Gasteiger charge is -2.20. The second kappa shape index (κ2) is 5.63. The van der Waals surface area contributed by atoms with Crippen molar-refractivity contribution < 1.29 is 4.74 Å². The molecular weight excluding hydrogens is 228 g/mol. The van der Waals surface area contributed by atoms with E-state index in [1.807, 2.05) is 13.0 Å². The van der Waals surface area contributed by atoms with E-state index in [9.17, 15) is 0 Å². The van der Waals surface area contributed by atoms with Gasteiger partial charge in [-0.1, -0.05) is 13.8 Å². The Morgan fingerprint density at radius 1 is 1.39 bits per heavy atom. The zero-order valence-electron chi connectivity index (χ0n) is 11.5. The molecule has 2 heterocycles. The van der Waals surface area contributed by atoms with Crippen LogP contribution in [0.25, 0.3) is 0 Å². The van der Waals surface area contributed by atoms with E-state index in [4.69, 9.17) is 4.74 Å². The van der Waals surface area contributed by atoms with Gasteiger partial charge in [-0.2, -0.15) is 0 Å². The van der Waals surface area contributed by atoms with Crippen LogP contribution >= 0.6 is 0 Å². The molecule has 1 unspecified atom stereocenters. The highest BCUT2D eigenvalue weighted by atomic mass is 16.5. The number of nitrogens with zero attached hydrogens (tertiary/aromatic N) is 2. The van der Waals surface area contributed by atoms with Crippen molar-refractivity contribution >= 4 is 5.82 Å². The minimum atomic E-state index is 0.197. The topological polar surface area (TPSA) is 59.1 Å². The van der Waals surface area contributed by atoms with Crippen LogP contribution in [-0.2, 0) is 4.74 Å². The quantitative estimate of drug-likeness (QED) is 0.843. The van der Waals surface area contributed by atoms with Crippen LogP contribution in [0.1, 0.15) is 31.3 Å². The fourth-order valence-corrected chi connectivity index (χ4v) is 2.16. The molecule has 2 N–H and O–H groups in total. The Kier molecular flexibility index (Phi) is 4.14. The molecule has 1 fully saturated rings. The number of aryl methyl sites for hydroxylation is 1. The van der Waals surface area contributed by atoms with E-state index in [-0.39, 0.29) is 12.1 Å². The molecule has 5 heteroatoms. The second-order valence-corrected chi connectivity index (χ2v) is 5.09. The van der Waals surface area contributed by atoms with Gasteiger partial charge >= 0.3 is 0 Å². The van der Waals surface area contributed by atoms with Gasteiger partial charge < -0.3 is 15.4 Å². The van der Waals surface area contributed by atoms with E-state index >= 15 is 0 Å². The number of aromatic nitrogens is 2. The normalized spacial score (nSPS) is 23.6. The molecule has 0 aromatic carbocycles. The fourth-order valence-electron chi connectivity index (χ4n) is 2.16. The van der Waals surface area contributed by atoms with Gasteiger partial charge in [0.25, 0.3) is 0 Å². The van der Waals surface area contributed by atoms with Gasteiger partial charge in [0.2, 0.25) is 0 Å². The molecule has 0 bridgehead atoms. The van der Waals surface area contributed by atoms with Crippen molar-refractivity contribution in [2.75, 3.05) is 25.5 Å². The molecule has 1 aliphatic rings. The molecule has 2 atom stereocenters. The van der Waals surface area contributed by atoms with Crippen LogP contribution < -0.4 is 10.6 Å². The maximum absolute atomic E-state index is 5.44. The molecule has 100 valence electrons. The summed E-state index contributed by atoms with van der Waals surface area (Å²) in [6.07, 6.45) is 0.197. The molecule has 1 aromatic rings. The van der Waals surface area contributed by atoms with Gasteiger partial charge in [-0.25, -0.2) is 9.97 Å². The second-order valence-electron chi connectivity index (χ2n) is 5.09. The Morgan fingerprint density at radius 2 is 2.17 bits per heavy atom. The predicted octanol–water partition coefficient (Wildman–Crippen LogP) is 1.31. The van der Waals surface area contributed by atoms with Crippen molar-refractivity contribution in [2.45, 2.75) is 38.8 Å². The Labute approximate surface area is 108 Å². The number of methoxy groups -OCH3 is 1. The maximum atomic E-state index is 5.44. The van der Waals surface area contributed by atoms with E-state index in [0.29, 0.717) is 5.92 Å². The maximum Gasteiger partial charge on any atom is 0.133 e. The number of ether oxygens (including phenoxy) is 1. The molecule has 0 spiro atoms. The lowest BCUT2D eigenvalue weighted by Crippen LogP contribution is -2.34. The first-order chi connectivity index (χ1) is 8.60. The van der Waals surface area contributed by atoms with Gasteiger partial charge in [0.15, 0.2) is 0 Å². The van der Waals surface area contributed by atoms with Crippen LogP contribution in [0.4, 0.5) is 5.82 Å². The number of rotatable bonds is 4. The minimum absolute atomic E-state index is 0.197. The van der Waals surface area contributed by atoms with Gasteiger partial charge in [-0.15, -0.1) is 0 Å². The Balaban J connectivity index is 2.13. The van der Waals surface area contributed by atoms with Crippen LogP contribution in [0.3, 0.4) is 0 Å². The standard InChI is InChI=1S/C13H22N4O/c1-8(2)13-15-9(3)5-12(17-13)16-10-6-14-7-11(10)18-4/h5,8,10-11,14H,6-7H2,1-4H3,(H,15,16,17)/t10?,11-/m0/s1. The molecule has 0 radical (unpaired) electrons. The highest BCUT2D eigenvalue weighted by Gasteiger charge is 2.27. The number of hydrogen-bond acceptors (Lipinski definition) is 5. The van der Waals surface area contributed by atoms with Crippen molar-refractivity contribution in [3.05, 3.63) is 17.6 Å². The number of anilines is 1. The van der Waals surface area contributed by atoms with Crippen molar-refractivity contribution in [1.82, 2.24) is 15.3 Å². The zero-order valence-corrected chi connectivity index (χ0v) is 11.5. The summed E-state index contributed by atoms with van der Waals surface area (Å²) in [5.74, 6) is 2.12. The summed E-state index contributed by atoms with van der Waals surface area (Å²) in [6, 6.07) is 2.25. The van der Waals surface area contributed by atoms with E-state index < -0.39 is 0 Å². The van der Waals surface area contributed by atoms with Crippen molar-refractivity contribution in [1.29, 1.82) is 0 Å². The minimum Gasteiger partial charge on any atom is -0.378 e. The van der Waals surface area contributed by atoms with Gasteiger partial charge in [0.1, 0.15) is 11.6 Å². The fraction of sp³-hybridized carbons (Fsp3) is 0.692. The SMILES string of the molecule is CO[C@H]1CNCC1Nc1cc(C)nc(C(C)C)n1. The molecule has 1 saturated heterocycles. The van der Waals surface area contributed by atoms with Gasteiger partial charge in [0.05, 0.1) is 12.1 Å². The largest absolute Gasteiger partial charge is 0.378 e. The lowest BCUT2D eigenvalue weighted by atomic mass is 10.2. The molecule has 1 aliphatic heterocycles. The first-order valence-electron chi connectivity index (χ1n) is 6.45. The smallest absolute Gasteiger partial charge is 0.133 e. The van der Waals surface area contributed by atoms with Crippen molar-refractivity contribution in [3.63, 3.8) is 0 Å². The highest BCUT2D eigenvalue weighted by molar-refractivity contribution is 5.38. The molecule has 18 heavy (non-hydrogen) atoms. The third kappa shape index (κ3) is 2.97. The molecule has 1 aromatic heterocycles. The third-order valence-corrected chi connectivity index (χ3v) is 3.18. The molecule has 0 aliphatic carbocycles. The first-order valence-corrected chi connectivity index (χ1v) is 6.45. The highest BCUT2D eigenvalue weighted by Crippen LogP contribution is 2.16. The molecule has 2 rings (SSSR count). The van der Waals surface area contributed by atoms with Crippen LogP contribution in [-0.4, -0.2) is 42.3 Å². The summed E-state index contributed by atoms with van der Waals surface area (Å²) in [5, 5.41) is 6.75. The van der Waals surface area contributed by atoms with Crippen LogP contribution in [0.2, 0.25) is 0 Å². The van der Waals surface area contributed by atoms with E-state index in [1.54, 1.807) is 7.11 Å². The number of hydrogen-bond donors (Lipinski definition) is 2. The first kappa shape index (κ1) is 13.2. The summed E-state index contributed by atoms with van der Waals surface area (Å²) in [7, 11) is 1.75. The Morgan fingerprint density at radius 3 is 2.83 bits per heavy atom. The van der Waals surface area contributed by atoms with Gasteiger partial charge in [-0.05, 0) is 6.92 Å². The van der Waals surface area contributed by atoms with E-state index in [1.165, 1.54) is 0 Å². The molecule has 0 amide bonds. The Hall–Kier alpha value is -1.20. The van der Waals surface area contributed by atoms with E-state index in [2.05, 4.69) is 34.4 Å². The van der Waals surface area contributed by atoms with Gasteiger partial charge in [-0.3, -0.25) is 0 Å². The molecular formula is C13H22N4O. The molecule has 0 saturated carbocycles. The predicted molar refractivity (Wildman–Crippen MR) is 71.9 cm³/mol. The lowest BCUT2D eigenvalue weighted by molar-refractivity contribution is 0.111.